The number of carbonyl (C=O) groups excluding carboxylic acids is 2. The van der Waals surface area contributed by atoms with E-state index in [4.69, 9.17) is 0 Å². The van der Waals surface area contributed by atoms with Crippen LogP contribution in [-0.2, 0) is 17.5 Å². The van der Waals surface area contributed by atoms with Gasteiger partial charge in [-0.25, -0.2) is 9.97 Å². The van der Waals surface area contributed by atoms with Gasteiger partial charge in [0.2, 0.25) is 11.7 Å². The van der Waals surface area contributed by atoms with Crippen LogP contribution in [0.2, 0.25) is 0 Å². The van der Waals surface area contributed by atoms with Crippen molar-refractivity contribution in [2.24, 2.45) is 0 Å². The quantitative estimate of drug-likeness (QED) is 0.717. The maximum atomic E-state index is 13.2. The molecular formula is C15H11F3N4O2S. The molecular weight excluding hydrogens is 357 g/mol. The number of rotatable bonds is 4. The first-order valence-electron chi connectivity index (χ1n) is 7.04. The number of halogens is 3. The third-order valence-electron chi connectivity index (χ3n) is 3.32. The smallest absolute Gasteiger partial charge is 0.311 e. The Morgan fingerprint density at radius 2 is 1.96 bits per heavy atom. The van der Waals surface area contributed by atoms with Crippen molar-refractivity contribution in [1.82, 2.24) is 14.5 Å². The number of alkyl halides is 3. The maximum Gasteiger partial charge on any atom is 0.449 e. The predicted octanol–water partition coefficient (Wildman–Crippen LogP) is 3.35. The molecule has 0 fully saturated rings. The van der Waals surface area contributed by atoms with Crippen molar-refractivity contribution in [3.8, 4) is 0 Å². The summed E-state index contributed by atoms with van der Waals surface area (Å²) in [4.78, 5) is 30.8. The molecule has 3 aromatic rings. The molecule has 0 unspecified atom stereocenters. The van der Waals surface area contributed by atoms with E-state index >= 15 is 0 Å². The first-order chi connectivity index (χ1) is 11.8. The number of ketones is 1. The van der Waals surface area contributed by atoms with Gasteiger partial charge in [0.25, 0.3) is 0 Å². The Bertz CT molecular complexity index is 961. The van der Waals surface area contributed by atoms with E-state index in [1.165, 1.54) is 24.4 Å². The first-order valence-corrected chi connectivity index (χ1v) is 7.92. The normalized spacial score (nSPS) is 11.7. The highest BCUT2D eigenvalue weighted by Gasteiger charge is 2.38. The number of thiazole rings is 1. The van der Waals surface area contributed by atoms with Crippen LogP contribution in [0.3, 0.4) is 0 Å². The Labute approximate surface area is 143 Å². The second-order valence-electron chi connectivity index (χ2n) is 5.15. The molecule has 0 bridgehead atoms. The molecule has 0 radical (unpaired) electrons. The Morgan fingerprint density at radius 3 is 2.60 bits per heavy atom. The lowest BCUT2D eigenvalue weighted by atomic mass is 10.3. The zero-order valence-electron chi connectivity index (χ0n) is 12.8. The Morgan fingerprint density at radius 1 is 1.24 bits per heavy atom. The highest BCUT2D eigenvalue weighted by Crippen LogP contribution is 2.31. The number of anilines is 1. The van der Waals surface area contributed by atoms with E-state index in [0.29, 0.717) is 0 Å². The molecule has 1 amide bonds. The number of nitrogens with one attached hydrogen (secondary N) is 1. The monoisotopic (exact) mass is 368 g/mol. The second kappa shape index (κ2) is 6.28. The van der Waals surface area contributed by atoms with Crippen molar-refractivity contribution < 1.29 is 22.8 Å². The number of fused-ring (bicyclic) bond motifs is 1. The third kappa shape index (κ3) is 3.53. The number of carbonyl (C=O) groups is 2. The van der Waals surface area contributed by atoms with Crippen LogP contribution < -0.4 is 5.32 Å². The molecule has 3 rings (SSSR count). The Kier molecular flexibility index (Phi) is 4.29. The van der Waals surface area contributed by atoms with E-state index in [1.54, 1.807) is 12.1 Å². The molecule has 2 aromatic heterocycles. The minimum atomic E-state index is -4.69. The average Bonchev–Trinajstić information content (AvgIpc) is 3.12. The molecule has 2 heterocycles. The second-order valence-corrected chi connectivity index (χ2v) is 6.01. The van der Waals surface area contributed by atoms with E-state index in [9.17, 15) is 22.8 Å². The van der Waals surface area contributed by atoms with Crippen molar-refractivity contribution in [2.45, 2.75) is 19.6 Å². The van der Waals surface area contributed by atoms with Crippen molar-refractivity contribution >= 4 is 39.2 Å². The lowest BCUT2D eigenvalue weighted by Crippen LogP contribution is -2.23. The maximum absolute atomic E-state index is 13.2. The van der Waals surface area contributed by atoms with Crippen LogP contribution in [0.25, 0.3) is 11.0 Å². The zero-order valence-corrected chi connectivity index (χ0v) is 13.6. The number of para-hydroxylation sites is 2. The van der Waals surface area contributed by atoms with Crippen LogP contribution in [0.15, 0.2) is 29.6 Å². The summed E-state index contributed by atoms with van der Waals surface area (Å²) in [5.41, 5.74) is 0.536. The van der Waals surface area contributed by atoms with Crippen molar-refractivity contribution in [2.75, 3.05) is 5.32 Å². The van der Waals surface area contributed by atoms with Crippen LogP contribution in [0, 0.1) is 0 Å². The Balaban J connectivity index is 1.88. The fourth-order valence-corrected chi connectivity index (χ4v) is 3.01. The molecule has 6 nitrogen and oxygen atoms in total. The van der Waals surface area contributed by atoms with Gasteiger partial charge < -0.3 is 9.88 Å². The summed E-state index contributed by atoms with van der Waals surface area (Å²) in [5.74, 6) is -2.11. The first kappa shape index (κ1) is 17.1. The number of hydrogen-bond donors (Lipinski definition) is 1. The molecule has 0 saturated heterocycles. The van der Waals surface area contributed by atoms with Crippen LogP contribution in [0.4, 0.5) is 18.3 Å². The highest BCUT2D eigenvalue weighted by atomic mass is 32.1. The van der Waals surface area contributed by atoms with Gasteiger partial charge in [0.15, 0.2) is 10.9 Å². The molecule has 0 saturated carbocycles. The van der Waals surface area contributed by atoms with E-state index in [0.717, 1.165) is 15.9 Å². The van der Waals surface area contributed by atoms with Gasteiger partial charge in [0.05, 0.1) is 11.0 Å². The van der Waals surface area contributed by atoms with E-state index in [1.807, 2.05) is 0 Å². The number of hydrogen-bond acceptors (Lipinski definition) is 5. The zero-order chi connectivity index (χ0) is 18.2. The van der Waals surface area contributed by atoms with Gasteiger partial charge in [0, 0.05) is 12.3 Å². The summed E-state index contributed by atoms with van der Waals surface area (Å²) in [6.07, 6.45) is -4.69. The fraction of sp³-hybridized carbons (Fsp3) is 0.200. The molecule has 10 heteroatoms. The molecule has 0 aliphatic carbocycles. The van der Waals surface area contributed by atoms with Gasteiger partial charge in [-0.1, -0.05) is 12.1 Å². The van der Waals surface area contributed by atoms with Crippen LogP contribution in [0.1, 0.15) is 23.2 Å². The number of benzene rings is 1. The highest BCUT2D eigenvalue weighted by molar-refractivity contribution is 7.14. The number of aromatic nitrogens is 3. The van der Waals surface area contributed by atoms with E-state index in [-0.39, 0.29) is 27.6 Å². The lowest BCUT2D eigenvalue weighted by Gasteiger charge is -2.10. The molecule has 0 aliphatic rings. The standard InChI is InChI=1S/C15H11F3N4O2S/c1-8(23)10-7-25-14(20-10)21-12(24)6-22-11-5-3-2-4-9(11)19-13(22)15(16,17)18/h2-5,7H,6H2,1H3,(H,20,21,24). The summed E-state index contributed by atoms with van der Waals surface area (Å²) in [5, 5.41) is 4.01. The molecule has 0 atom stereocenters. The van der Waals surface area contributed by atoms with Crippen LogP contribution in [0.5, 0.6) is 0 Å². The number of nitrogens with zero attached hydrogens (tertiary/aromatic N) is 3. The largest absolute Gasteiger partial charge is 0.449 e. The molecule has 0 aliphatic heterocycles. The summed E-state index contributed by atoms with van der Waals surface area (Å²) >= 11 is 1.02. The van der Waals surface area contributed by atoms with E-state index < -0.39 is 24.5 Å². The number of amides is 1. The summed E-state index contributed by atoms with van der Waals surface area (Å²) < 4.78 is 40.4. The van der Waals surface area contributed by atoms with Crippen molar-refractivity contribution in [3.05, 3.63) is 41.2 Å². The Hall–Kier alpha value is -2.75. The molecule has 25 heavy (non-hydrogen) atoms. The molecule has 1 aromatic carbocycles. The molecule has 1 N–H and O–H groups in total. The fourth-order valence-electron chi connectivity index (χ4n) is 2.25. The number of Topliss-reactive ketones (excluding diaryl/α,β-unsaturated/α-hetero) is 1. The van der Waals surface area contributed by atoms with Gasteiger partial charge in [-0.15, -0.1) is 11.3 Å². The topological polar surface area (TPSA) is 76.9 Å². The van der Waals surface area contributed by atoms with Crippen molar-refractivity contribution in [1.29, 1.82) is 0 Å². The number of imidazole rings is 1. The van der Waals surface area contributed by atoms with Gasteiger partial charge in [-0.2, -0.15) is 13.2 Å². The summed E-state index contributed by atoms with van der Waals surface area (Å²) in [6.45, 7) is 0.748. The molecule has 130 valence electrons. The van der Waals surface area contributed by atoms with Gasteiger partial charge in [-0.05, 0) is 12.1 Å². The lowest BCUT2D eigenvalue weighted by molar-refractivity contribution is -0.147. The van der Waals surface area contributed by atoms with Crippen LogP contribution >= 0.6 is 11.3 Å². The summed E-state index contributed by atoms with van der Waals surface area (Å²) in [6, 6.07) is 6.04. The van der Waals surface area contributed by atoms with Crippen LogP contribution in [-0.4, -0.2) is 26.2 Å². The average molecular weight is 368 g/mol. The van der Waals surface area contributed by atoms with E-state index in [2.05, 4.69) is 15.3 Å². The van der Waals surface area contributed by atoms with Crippen molar-refractivity contribution in [3.63, 3.8) is 0 Å². The van der Waals surface area contributed by atoms with Gasteiger partial charge >= 0.3 is 6.18 Å². The third-order valence-corrected chi connectivity index (χ3v) is 4.08. The SMILES string of the molecule is CC(=O)c1csc(NC(=O)Cn2c(C(F)(F)F)nc3ccccc32)n1. The predicted molar refractivity (Wildman–Crippen MR) is 85.5 cm³/mol. The summed E-state index contributed by atoms with van der Waals surface area (Å²) in [7, 11) is 0. The minimum absolute atomic E-state index is 0.146. The molecule has 0 spiro atoms. The van der Waals surface area contributed by atoms with Gasteiger partial charge in [0.1, 0.15) is 12.2 Å². The van der Waals surface area contributed by atoms with Gasteiger partial charge in [-0.3, -0.25) is 9.59 Å². The minimum Gasteiger partial charge on any atom is -0.311 e.